The van der Waals surface area contributed by atoms with Crippen LogP contribution in [0.2, 0.25) is 0 Å². The van der Waals surface area contributed by atoms with Gasteiger partial charge >= 0.3 is 0 Å². The molecule has 0 amide bonds. The zero-order valence-electron chi connectivity index (χ0n) is 10.5. The van der Waals surface area contributed by atoms with Crippen molar-refractivity contribution in [2.75, 3.05) is 26.3 Å². The smallest absolute Gasteiger partial charge is 0.0506 e. The van der Waals surface area contributed by atoms with Crippen LogP contribution in [0, 0.1) is 11.8 Å². The Morgan fingerprint density at radius 2 is 1.75 bits per heavy atom. The van der Waals surface area contributed by atoms with E-state index in [2.05, 4.69) is 5.32 Å². The van der Waals surface area contributed by atoms with Crippen molar-refractivity contribution in [2.45, 2.75) is 51.4 Å². The van der Waals surface area contributed by atoms with E-state index in [-0.39, 0.29) is 0 Å². The van der Waals surface area contributed by atoms with Gasteiger partial charge in [-0.1, -0.05) is 32.1 Å². The molecule has 2 heteroatoms. The van der Waals surface area contributed by atoms with E-state index in [4.69, 9.17) is 4.74 Å². The minimum atomic E-state index is 0.778. The Morgan fingerprint density at radius 1 is 0.938 bits per heavy atom. The lowest BCUT2D eigenvalue weighted by molar-refractivity contribution is 0.0764. The highest BCUT2D eigenvalue weighted by atomic mass is 16.5. The highest BCUT2D eigenvalue weighted by molar-refractivity contribution is 4.69. The molecule has 0 aromatic heterocycles. The first-order chi connectivity index (χ1) is 7.95. The summed E-state index contributed by atoms with van der Waals surface area (Å²) in [6.07, 6.45) is 11.3. The molecule has 1 atom stereocenters. The fourth-order valence-corrected chi connectivity index (χ4v) is 3.04. The Hall–Kier alpha value is -0.0800. The summed E-state index contributed by atoms with van der Waals surface area (Å²) in [5.74, 6) is 1.75. The molecule has 2 rings (SSSR count). The molecule has 1 aliphatic carbocycles. The first-order valence-electron chi connectivity index (χ1n) is 7.23. The fourth-order valence-electron chi connectivity index (χ4n) is 3.04. The van der Waals surface area contributed by atoms with E-state index in [0.717, 1.165) is 25.0 Å². The average molecular weight is 225 g/mol. The third-order valence-corrected chi connectivity index (χ3v) is 4.15. The first-order valence-corrected chi connectivity index (χ1v) is 7.23. The number of rotatable bonds is 5. The van der Waals surface area contributed by atoms with Crippen LogP contribution in [-0.4, -0.2) is 26.3 Å². The number of ether oxygens (including phenoxy) is 1. The Bertz CT molecular complexity index is 152. The van der Waals surface area contributed by atoms with Crippen molar-refractivity contribution < 1.29 is 4.74 Å². The standard InChI is InChI=1S/C14H27NO/c1-2-5-13(6-3-1)8-10-16-12-14-7-4-9-15-11-14/h13-15H,1-12H2. The molecule has 1 aliphatic heterocycles. The van der Waals surface area contributed by atoms with Crippen molar-refractivity contribution in [3.8, 4) is 0 Å². The van der Waals surface area contributed by atoms with E-state index < -0.39 is 0 Å². The Labute approximate surface area is 100 Å². The molecule has 94 valence electrons. The molecule has 1 unspecified atom stereocenters. The molecular formula is C14H27NO. The summed E-state index contributed by atoms with van der Waals surface area (Å²) in [6, 6.07) is 0. The van der Waals surface area contributed by atoms with Crippen molar-refractivity contribution in [2.24, 2.45) is 11.8 Å². The molecule has 2 aliphatic rings. The van der Waals surface area contributed by atoms with Crippen LogP contribution >= 0.6 is 0 Å². The predicted octanol–water partition coefficient (Wildman–Crippen LogP) is 2.97. The quantitative estimate of drug-likeness (QED) is 0.726. The summed E-state index contributed by atoms with van der Waals surface area (Å²) in [6.45, 7) is 4.36. The summed E-state index contributed by atoms with van der Waals surface area (Å²) in [4.78, 5) is 0. The van der Waals surface area contributed by atoms with Crippen LogP contribution in [0.25, 0.3) is 0 Å². The number of piperidine rings is 1. The van der Waals surface area contributed by atoms with E-state index in [1.54, 1.807) is 0 Å². The zero-order chi connectivity index (χ0) is 11.1. The first kappa shape index (κ1) is 12.4. The summed E-state index contributed by atoms with van der Waals surface area (Å²) < 4.78 is 5.84. The van der Waals surface area contributed by atoms with E-state index in [1.807, 2.05) is 0 Å². The Balaban J connectivity index is 1.47. The summed E-state index contributed by atoms with van der Waals surface area (Å²) >= 11 is 0. The topological polar surface area (TPSA) is 21.3 Å². The molecule has 2 fully saturated rings. The van der Waals surface area contributed by atoms with Crippen LogP contribution < -0.4 is 5.32 Å². The summed E-state index contributed by atoms with van der Waals surface area (Å²) in [5.41, 5.74) is 0. The van der Waals surface area contributed by atoms with Crippen LogP contribution in [0.15, 0.2) is 0 Å². The van der Waals surface area contributed by atoms with Gasteiger partial charge in [0.1, 0.15) is 0 Å². The highest BCUT2D eigenvalue weighted by Crippen LogP contribution is 2.26. The van der Waals surface area contributed by atoms with Gasteiger partial charge in [-0.25, -0.2) is 0 Å². The summed E-state index contributed by atoms with van der Waals surface area (Å²) in [7, 11) is 0. The van der Waals surface area contributed by atoms with Gasteiger partial charge in [-0.2, -0.15) is 0 Å². The molecule has 0 radical (unpaired) electrons. The Morgan fingerprint density at radius 3 is 2.50 bits per heavy atom. The third kappa shape index (κ3) is 4.42. The van der Waals surface area contributed by atoms with Gasteiger partial charge in [0.15, 0.2) is 0 Å². The van der Waals surface area contributed by atoms with Gasteiger partial charge in [-0.3, -0.25) is 0 Å². The van der Waals surface area contributed by atoms with Gasteiger partial charge in [0, 0.05) is 13.2 Å². The molecule has 0 aromatic carbocycles. The monoisotopic (exact) mass is 225 g/mol. The second-order valence-corrected chi connectivity index (χ2v) is 5.58. The van der Waals surface area contributed by atoms with Crippen molar-refractivity contribution in [3.05, 3.63) is 0 Å². The minimum Gasteiger partial charge on any atom is -0.381 e. The fraction of sp³-hybridized carbons (Fsp3) is 1.00. The van der Waals surface area contributed by atoms with Crippen molar-refractivity contribution in [3.63, 3.8) is 0 Å². The SMILES string of the molecule is C1CCC(CCOCC2CCCNC2)CC1. The van der Waals surface area contributed by atoms with Crippen LogP contribution in [0.1, 0.15) is 51.4 Å². The van der Waals surface area contributed by atoms with Gasteiger partial charge in [0.25, 0.3) is 0 Å². The molecule has 1 saturated heterocycles. The van der Waals surface area contributed by atoms with Gasteiger partial charge in [-0.15, -0.1) is 0 Å². The lowest BCUT2D eigenvalue weighted by Crippen LogP contribution is -2.32. The average Bonchev–Trinajstić information content (AvgIpc) is 2.37. The van der Waals surface area contributed by atoms with Crippen molar-refractivity contribution in [1.82, 2.24) is 5.32 Å². The van der Waals surface area contributed by atoms with Crippen LogP contribution in [0.4, 0.5) is 0 Å². The maximum Gasteiger partial charge on any atom is 0.0506 e. The number of hydrogen-bond donors (Lipinski definition) is 1. The molecule has 0 bridgehead atoms. The molecule has 0 aromatic rings. The normalized spacial score (nSPS) is 28.1. The van der Waals surface area contributed by atoms with Gasteiger partial charge < -0.3 is 10.1 Å². The molecule has 1 heterocycles. The van der Waals surface area contributed by atoms with Gasteiger partial charge in [-0.05, 0) is 37.6 Å². The maximum absolute atomic E-state index is 5.84. The molecular weight excluding hydrogens is 198 g/mol. The molecule has 16 heavy (non-hydrogen) atoms. The van der Waals surface area contributed by atoms with E-state index in [9.17, 15) is 0 Å². The lowest BCUT2D eigenvalue weighted by Gasteiger charge is -2.24. The van der Waals surface area contributed by atoms with E-state index in [0.29, 0.717) is 0 Å². The Kier molecular flexibility index (Phi) is 5.64. The van der Waals surface area contributed by atoms with E-state index >= 15 is 0 Å². The molecule has 2 nitrogen and oxygen atoms in total. The zero-order valence-corrected chi connectivity index (χ0v) is 10.5. The number of nitrogens with one attached hydrogen (secondary N) is 1. The lowest BCUT2D eigenvalue weighted by atomic mass is 9.87. The number of hydrogen-bond acceptors (Lipinski definition) is 2. The van der Waals surface area contributed by atoms with Crippen molar-refractivity contribution in [1.29, 1.82) is 0 Å². The maximum atomic E-state index is 5.84. The summed E-state index contributed by atoms with van der Waals surface area (Å²) in [5, 5.41) is 3.45. The van der Waals surface area contributed by atoms with Crippen LogP contribution in [-0.2, 0) is 4.74 Å². The molecule has 1 N–H and O–H groups in total. The largest absolute Gasteiger partial charge is 0.381 e. The minimum absolute atomic E-state index is 0.778. The van der Waals surface area contributed by atoms with Crippen molar-refractivity contribution >= 4 is 0 Å². The molecule has 0 spiro atoms. The van der Waals surface area contributed by atoms with Crippen LogP contribution in [0.5, 0.6) is 0 Å². The predicted molar refractivity (Wildman–Crippen MR) is 67.6 cm³/mol. The molecule has 1 saturated carbocycles. The van der Waals surface area contributed by atoms with Gasteiger partial charge in [0.2, 0.25) is 0 Å². The third-order valence-electron chi connectivity index (χ3n) is 4.15. The second kappa shape index (κ2) is 7.29. The van der Waals surface area contributed by atoms with E-state index in [1.165, 1.54) is 64.5 Å². The van der Waals surface area contributed by atoms with Gasteiger partial charge in [0.05, 0.1) is 6.61 Å². The second-order valence-electron chi connectivity index (χ2n) is 5.58. The van der Waals surface area contributed by atoms with Crippen LogP contribution in [0.3, 0.4) is 0 Å². The highest BCUT2D eigenvalue weighted by Gasteiger charge is 2.15.